The van der Waals surface area contributed by atoms with Crippen LogP contribution in [0.2, 0.25) is 0 Å². The third kappa shape index (κ3) is 3.56. The highest BCUT2D eigenvalue weighted by molar-refractivity contribution is 9.10. The van der Waals surface area contributed by atoms with E-state index in [0.717, 1.165) is 12.8 Å². The average molecular weight is 355 g/mol. The van der Waals surface area contributed by atoms with Gasteiger partial charge in [0.15, 0.2) is 0 Å². The van der Waals surface area contributed by atoms with Gasteiger partial charge in [0.2, 0.25) is 0 Å². The first-order valence-electron chi connectivity index (χ1n) is 7.00. The lowest BCUT2D eigenvalue weighted by Gasteiger charge is -2.37. The van der Waals surface area contributed by atoms with Crippen molar-refractivity contribution < 1.29 is 14.7 Å². The summed E-state index contributed by atoms with van der Waals surface area (Å²) in [4.78, 5) is 25.4. The predicted molar refractivity (Wildman–Crippen MR) is 84.7 cm³/mol. The number of nitrogens with one attached hydrogen (secondary N) is 1. The minimum Gasteiger partial charge on any atom is -0.478 e. The molecule has 5 nitrogen and oxygen atoms in total. The number of aromatic carboxylic acids is 1. The van der Waals surface area contributed by atoms with Gasteiger partial charge in [-0.05, 0) is 43.9 Å². The van der Waals surface area contributed by atoms with E-state index in [2.05, 4.69) is 28.2 Å². The van der Waals surface area contributed by atoms with E-state index >= 15 is 0 Å². The van der Waals surface area contributed by atoms with Crippen LogP contribution in [0.1, 0.15) is 37.0 Å². The smallest absolute Gasteiger partial charge is 0.337 e. The van der Waals surface area contributed by atoms with Crippen molar-refractivity contribution in [3.05, 3.63) is 28.2 Å². The van der Waals surface area contributed by atoms with Crippen LogP contribution in [0.4, 0.5) is 10.5 Å². The molecule has 2 N–H and O–H groups in total. The number of benzene rings is 1. The highest BCUT2D eigenvalue weighted by Gasteiger charge is 2.28. The van der Waals surface area contributed by atoms with Gasteiger partial charge in [-0.3, -0.25) is 0 Å². The fraction of sp³-hybridized carbons (Fsp3) is 0.467. The molecule has 0 spiro atoms. The third-order valence-electron chi connectivity index (χ3n) is 4.09. The summed E-state index contributed by atoms with van der Waals surface area (Å²) in [5.41, 5.74) is 0.400. The third-order valence-corrected chi connectivity index (χ3v) is 4.58. The van der Waals surface area contributed by atoms with Crippen LogP contribution in [0.15, 0.2) is 22.7 Å². The summed E-state index contributed by atoms with van der Waals surface area (Å²) < 4.78 is 0.665. The van der Waals surface area contributed by atoms with Crippen molar-refractivity contribution in [3.63, 3.8) is 0 Å². The van der Waals surface area contributed by atoms with Crippen LogP contribution in [0.3, 0.4) is 0 Å². The number of carbonyl (C=O) groups is 2. The van der Waals surface area contributed by atoms with Crippen LogP contribution in [-0.2, 0) is 0 Å². The normalized spacial score (nSPS) is 22.0. The number of carbonyl (C=O) groups excluding carboxylic acids is 1. The van der Waals surface area contributed by atoms with Gasteiger partial charge in [0.1, 0.15) is 0 Å². The number of nitrogens with zero attached hydrogens (tertiary/aromatic N) is 1. The van der Waals surface area contributed by atoms with Crippen molar-refractivity contribution in [3.8, 4) is 0 Å². The van der Waals surface area contributed by atoms with Gasteiger partial charge in [0.25, 0.3) is 0 Å². The van der Waals surface area contributed by atoms with Crippen molar-refractivity contribution >= 4 is 33.6 Å². The maximum absolute atomic E-state index is 12.4. The molecule has 0 radical (unpaired) electrons. The van der Waals surface area contributed by atoms with E-state index in [-0.39, 0.29) is 17.6 Å². The molecular weight excluding hydrogens is 336 g/mol. The molecule has 21 heavy (non-hydrogen) atoms. The zero-order chi connectivity index (χ0) is 15.6. The van der Waals surface area contributed by atoms with E-state index in [0.29, 0.717) is 22.6 Å². The molecule has 2 atom stereocenters. The van der Waals surface area contributed by atoms with E-state index in [1.807, 2.05) is 6.92 Å². The van der Waals surface area contributed by atoms with E-state index in [1.54, 1.807) is 17.0 Å². The van der Waals surface area contributed by atoms with Gasteiger partial charge in [0.05, 0.1) is 11.3 Å². The maximum atomic E-state index is 12.4. The Balaban J connectivity index is 2.18. The first-order chi connectivity index (χ1) is 9.90. The lowest BCUT2D eigenvalue weighted by Crippen LogP contribution is -2.48. The lowest BCUT2D eigenvalue weighted by molar-refractivity contribution is 0.0698. The number of halogens is 1. The molecule has 1 fully saturated rings. The van der Waals surface area contributed by atoms with Crippen molar-refractivity contribution in [2.24, 2.45) is 5.92 Å². The molecule has 0 bridgehead atoms. The van der Waals surface area contributed by atoms with Crippen molar-refractivity contribution in [2.75, 3.05) is 11.9 Å². The molecule has 1 saturated heterocycles. The summed E-state index contributed by atoms with van der Waals surface area (Å²) >= 11 is 3.24. The molecule has 1 aromatic carbocycles. The summed E-state index contributed by atoms with van der Waals surface area (Å²) in [5, 5.41) is 11.9. The number of rotatable bonds is 2. The average Bonchev–Trinajstić information content (AvgIpc) is 2.43. The summed E-state index contributed by atoms with van der Waals surface area (Å²) in [5.74, 6) is -0.611. The molecule has 2 unspecified atom stereocenters. The van der Waals surface area contributed by atoms with Gasteiger partial charge >= 0.3 is 12.0 Å². The summed E-state index contributed by atoms with van der Waals surface area (Å²) in [6, 6.07) is 4.72. The highest BCUT2D eigenvalue weighted by Crippen LogP contribution is 2.25. The molecule has 2 rings (SSSR count). The van der Waals surface area contributed by atoms with E-state index in [1.165, 1.54) is 6.07 Å². The minimum absolute atomic E-state index is 0.0791. The number of likely N-dealkylation sites (tertiary alicyclic amines) is 1. The van der Waals surface area contributed by atoms with Gasteiger partial charge in [-0.2, -0.15) is 0 Å². The Morgan fingerprint density at radius 3 is 2.76 bits per heavy atom. The van der Waals surface area contributed by atoms with Crippen LogP contribution in [-0.4, -0.2) is 34.6 Å². The predicted octanol–water partition coefficient (Wildman–Crippen LogP) is 3.80. The first-order valence-corrected chi connectivity index (χ1v) is 7.80. The standard InChI is InChI=1S/C15H19BrN2O3/c1-9-4-3-7-18(10(9)2)15(21)17-13-6-5-11(16)8-12(13)14(19)20/h5-6,8-10H,3-4,7H2,1-2H3,(H,17,21)(H,19,20). The number of urea groups is 1. The Kier molecular flexibility index (Phi) is 4.88. The van der Waals surface area contributed by atoms with Crippen molar-refractivity contribution in [1.82, 2.24) is 4.90 Å². The summed E-state index contributed by atoms with van der Waals surface area (Å²) in [7, 11) is 0. The second-order valence-corrected chi connectivity index (χ2v) is 6.39. The molecule has 0 aromatic heterocycles. The van der Waals surface area contributed by atoms with Crippen LogP contribution < -0.4 is 5.32 Å². The fourth-order valence-electron chi connectivity index (χ4n) is 2.61. The monoisotopic (exact) mass is 354 g/mol. The fourth-order valence-corrected chi connectivity index (χ4v) is 2.97. The number of amides is 2. The molecule has 1 aliphatic heterocycles. The van der Waals surface area contributed by atoms with Crippen LogP contribution in [0, 0.1) is 5.92 Å². The SMILES string of the molecule is CC1CCCN(C(=O)Nc2ccc(Br)cc2C(=O)O)C1C. The number of carboxylic acid groups (broad SMARTS) is 1. The Labute approximate surface area is 132 Å². The second-order valence-electron chi connectivity index (χ2n) is 5.48. The quantitative estimate of drug-likeness (QED) is 0.848. The lowest BCUT2D eigenvalue weighted by atomic mass is 9.92. The Morgan fingerprint density at radius 1 is 1.38 bits per heavy atom. The minimum atomic E-state index is -1.06. The van der Waals surface area contributed by atoms with Gasteiger partial charge in [-0.25, -0.2) is 9.59 Å². The van der Waals surface area contributed by atoms with Gasteiger partial charge in [-0.15, -0.1) is 0 Å². The molecule has 1 heterocycles. The van der Waals surface area contributed by atoms with Crippen molar-refractivity contribution in [2.45, 2.75) is 32.7 Å². The van der Waals surface area contributed by atoms with Gasteiger partial charge in [0, 0.05) is 17.1 Å². The zero-order valence-corrected chi connectivity index (χ0v) is 13.7. The molecule has 2 amide bonds. The summed E-state index contributed by atoms with van der Waals surface area (Å²) in [6.45, 7) is 4.87. The molecule has 114 valence electrons. The van der Waals surface area contributed by atoms with Crippen molar-refractivity contribution in [1.29, 1.82) is 0 Å². The Hall–Kier alpha value is -1.56. The Bertz CT molecular complexity index is 562. The second kappa shape index (κ2) is 6.47. The molecular formula is C15H19BrN2O3. The highest BCUT2D eigenvalue weighted by atomic mass is 79.9. The molecule has 1 aromatic rings. The van der Waals surface area contributed by atoms with E-state index in [9.17, 15) is 14.7 Å². The molecule has 0 aliphatic carbocycles. The number of anilines is 1. The number of carboxylic acids is 1. The number of hydrogen-bond acceptors (Lipinski definition) is 2. The molecule has 0 saturated carbocycles. The number of hydrogen-bond donors (Lipinski definition) is 2. The maximum Gasteiger partial charge on any atom is 0.337 e. The van der Waals surface area contributed by atoms with Crippen LogP contribution >= 0.6 is 15.9 Å². The number of piperidine rings is 1. The zero-order valence-electron chi connectivity index (χ0n) is 12.1. The molecule has 1 aliphatic rings. The largest absolute Gasteiger partial charge is 0.478 e. The molecule has 6 heteroatoms. The van der Waals surface area contributed by atoms with Gasteiger partial charge in [-0.1, -0.05) is 22.9 Å². The topological polar surface area (TPSA) is 69.6 Å². The van der Waals surface area contributed by atoms with E-state index < -0.39 is 5.97 Å². The van der Waals surface area contributed by atoms with Crippen LogP contribution in [0.25, 0.3) is 0 Å². The summed E-state index contributed by atoms with van der Waals surface area (Å²) in [6.07, 6.45) is 2.09. The first kappa shape index (κ1) is 15.8. The van der Waals surface area contributed by atoms with Gasteiger partial charge < -0.3 is 15.3 Å². The van der Waals surface area contributed by atoms with E-state index in [4.69, 9.17) is 0 Å². The Morgan fingerprint density at radius 2 is 2.10 bits per heavy atom. The van der Waals surface area contributed by atoms with Crippen LogP contribution in [0.5, 0.6) is 0 Å².